The highest BCUT2D eigenvalue weighted by Crippen LogP contribution is 2.71. The second kappa shape index (κ2) is 13.8. The maximum atomic E-state index is 14.9. The Bertz CT molecular complexity index is 2090. The monoisotopic (exact) mass is 780 g/mol. The van der Waals surface area contributed by atoms with Crippen molar-refractivity contribution >= 4 is 88.1 Å². The molecule has 1 unspecified atom stereocenters. The number of methoxy groups -OCH3 is 5. The number of nitrogens with zero attached hydrogens (tertiary/aromatic N) is 2. The van der Waals surface area contributed by atoms with Gasteiger partial charge in [0.2, 0.25) is 0 Å². The second-order valence-electron chi connectivity index (χ2n) is 12.3. The first-order chi connectivity index (χ1) is 25.1. The quantitative estimate of drug-likeness (QED) is 0.221. The highest BCUT2D eigenvalue weighted by molar-refractivity contribution is 8.26. The Morgan fingerprint density at radius 3 is 1.70 bits per heavy atom. The van der Waals surface area contributed by atoms with Gasteiger partial charge < -0.3 is 23.7 Å². The average Bonchev–Trinajstić information content (AvgIpc) is 3.67. The predicted molar refractivity (Wildman–Crippen MR) is 196 cm³/mol. The number of thioether (sulfide) groups is 3. The number of carbonyl (C=O) groups excluding carboxylic acids is 7. The van der Waals surface area contributed by atoms with Gasteiger partial charge in [-0.3, -0.25) is 24.2 Å². The number of ether oxygens (including phenoxy) is 5. The van der Waals surface area contributed by atoms with E-state index in [0.29, 0.717) is 21.8 Å². The summed E-state index contributed by atoms with van der Waals surface area (Å²) in [6, 6.07) is 9.82. The van der Waals surface area contributed by atoms with Crippen molar-refractivity contribution in [2.45, 2.75) is 36.4 Å². The number of imide groups is 1. The first-order valence-corrected chi connectivity index (χ1v) is 18.2. The maximum Gasteiger partial charge on any atom is 0.345 e. The summed E-state index contributed by atoms with van der Waals surface area (Å²) in [5.74, 6) is -5.27. The molecular weight excluding hydrogens is 749 g/mol. The van der Waals surface area contributed by atoms with E-state index in [4.69, 9.17) is 23.7 Å². The van der Waals surface area contributed by atoms with E-state index in [1.165, 1.54) is 31.1 Å². The van der Waals surface area contributed by atoms with Gasteiger partial charge in [0.1, 0.15) is 30.6 Å². The number of amides is 3. The Labute approximate surface area is 316 Å². The average molecular weight is 781 g/mol. The standard InChI is InChI=1S/C36H32N2O12S3/c1-16(37-29(40)18-11-9-10-12-19(18)30(37)41)28(39)38-21-14-13-17(46-4)15-20(21)22-27(35(38,2)3)51-24(32(43)48-6)23(31(42)47-5)36(22)52-25(33(44)49-7)26(53-36)34(45)50-8/h9-16H,1-8H3. The van der Waals surface area contributed by atoms with E-state index in [9.17, 15) is 33.6 Å². The molecule has 1 spiro atoms. The van der Waals surface area contributed by atoms with Crippen molar-refractivity contribution in [2.75, 3.05) is 40.4 Å². The lowest BCUT2D eigenvalue weighted by molar-refractivity contribution is -0.138. The van der Waals surface area contributed by atoms with Crippen molar-refractivity contribution in [1.82, 2.24) is 4.90 Å². The normalized spacial score (nSPS) is 18.7. The van der Waals surface area contributed by atoms with Crippen molar-refractivity contribution in [1.29, 1.82) is 0 Å². The van der Waals surface area contributed by atoms with Crippen LogP contribution in [0.15, 0.2) is 67.7 Å². The number of esters is 4. The lowest BCUT2D eigenvalue weighted by Crippen LogP contribution is -2.59. The van der Waals surface area contributed by atoms with Gasteiger partial charge >= 0.3 is 23.9 Å². The molecule has 0 radical (unpaired) electrons. The van der Waals surface area contributed by atoms with E-state index >= 15 is 0 Å². The summed E-state index contributed by atoms with van der Waals surface area (Å²) in [6.07, 6.45) is 0. The maximum absolute atomic E-state index is 14.9. The Kier molecular flexibility index (Phi) is 9.80. The van der Waals surface area contributed by atoms with Crippen LogP contribution in [-0.4, -0.2) is 97.7 Å². The molecule has 17 heteroatoms. The summed E-state index contributed by atoms with van der Waals surface area (Å²) in [4.78, 5) is 98.2. The number of rotatable bonds is 7. The number of benzene rings is 2. The van der Waals surface area contributed by atoms with Crippen LogP contribution in [0, 0.1) is 0 Å². The molecule has 1 atom stereocenters. The third-order valence-electron chi connectivity index (χ3n) is 9.14. The van der Waals surface area contributed by atoms with Gasteiger partial charge in [0.25, 0.3) is 17.7 Å². The van der Waals surface area contributed by atoms with E-state index in [-0.39, 0.29) is 37.1 Å². The molecular formula is C36H32N2O12S3. The van der Waals surface area contributed by atoms with Gasteiger partial charge in [-0.05, 0) is 51.1 Å². The summed E-state index contributed by atoms with van der Waals surface area (Å²) in [5.41, 5.74) is -0.375. The van der Waals surface area contributed by atoms with Crippen molar-refractivity contribution < 1.29 is 57.2 Å². The minimum atomic E-state index is -1.81. The van der Waals surface area contributed by atoms with Gasteiger partial charge in [0.15, 0.2) is 0 Å². The smallest absolute Gasteiger partial charge is 0.345 e. The van der Waals surface area contributed by atoms with Crippen molar-refractivity contribution in [2.24, 2.45) is 0 Å². The molecule has 4 aliphatic heterocycles. The number of carbonyl (C=O) groups is 7. The summed E-state index contributed by atoms with van der Waals surface area (Å²) >= 11 is 2.42. The topological polar surface area (TPSA) is 172 Å². The van der Waals surface area contributed by atoms with Gasteiger partial charge in [-0.25, -0.2) is 19.2 Å². The van der Waals surface area contributed by atoms with Crippen molar-refractivity contribution in [3.63, 3.8) is 0 Å². The fourth-order valence-corrected chi connectivity index (χ4v) is 11.7. The molecule has 4 aliphatic rings. The van der Waals surface area contributed by atoms with Crippen LogP contribution in [-0.2, 0) is 42.9 Å². The van der Waals surface area contributed by atoms with E-state index in [1.54, 1.807) is 44.2 Å². The minimum absolute atomic E-state index is 0.170. The molecule has 0 fully saturated rings. The van der Waals surface area contributed by atoms with Crippen LogP contribution < -0.4 is 9.64 Å². The van der Waals surface area contributed by atoms with Crippen LogP contribution in [0.4, 0.5) is 5.69 Å². The molecule has 14 nitrogen and oxygen atoms in total. The summed E-state index contributed by atoms with van der Waals surface area (Å²) in [7, 11) is 5.93. The molecule has 0 saturated heterocycles. The molecule has 0 bridgehead atoms. The highest BCUT2D eigenvalue weighted by atomic mass is 32.2. The number of hydrogen-bond donors (Lipinski definition) is 0. The molecule has 0 saturated carbocycles. The van der Waals surface area contributed by atoms with Crippen LogP contribution in [0.3, 0.4) is 0 Å². The second-order valence-corrected chi connectivity index (χ2v) is 16.0. The zero-order valence-electron chi connectivity index (χ0n) is 29.6. The molecule has 4 heterocycles. The molecule has 3 amide bonds. The molecule has 276 valence electrons. The molecule has 53 heavy (non-hydrogen) atoms. The van der Waals surface area contributed by atoms with E-state index in [1.807, 2.05) is 0 Å². The van der Waals surface area contributed by atoms with Crippen LogP contribution in [0.25, 0.3) is 5.57 Å². The van der Waals surface area contributed by atoms with Crippen LogP contribution in [0.5, 0.6) is 5.75 Å². The largest absolute Gasteiger partial charge is 0.497 e. The van der Waals surface area contributed by atoms with E-state index in [0.717, 1.165) is 68.6 Å². The number of anilines is 1. The van der Waals surface area contributed by atoms with E-state index < -0.39 is 57.3 Å². The molecule has 0 aromatic heterocycles. The fraction of sp³-hybridized carbons (Fsp3) is 0.306. The first kappa shape index (κ1) is 37.7. The molecule has 0 aliphatic carbocycles. The highest BCUT2D eigenvalue weighted by Gasteiger charge is 2.62. The third kappa shape index (κ3) is 5.55. The SMILES string of the molecule is COC(=O)C1=C(C(=O)OC)SC2(S1)C(C(=O)OC)=C(C(=O)OC)SC1=C2c2cc(OC)ccc2N(C(=O)C(C)N2C(=O)c3ccccc3C2=O)C1(C)C. The summed E-state index contributed by atoms with van der Waals surface area (Å²) < 4.78 is 24.2. The number of fused-ring (bicyclic) bond motifs is 4. The van der Waals surface area contributed by atoms with E-state index in [2.05, 4.69) is 0 Å². The Hall–Kier alpha value is -5.00. The third-order valence-corrected chi connectivity index (χ3v) is 13.8. The lowest BCUT2D eigenvalue weighted by atomic mass is 9.83. The predicted octanol–water partition coefficient (Wildman–Crippen LogP) is 4.30. The van der Waals surface area contributed by atoms with Crippen molar-refractivity contribution in [3.8, 4) is 5.75 Å². The van der Waals surface area contributed by atoms with Crippen LogP contribution in [0.2, 0.25) is 0 Å². The molecule has 2 aromatic rings. The van der Waals surface area contributed by atoms with Crippen LogP contribution >= 0.6 is 35.3 Å². The Balaban J connectivity index is 1.63. The molecule has 0 N–H and O–H groups in total. The van der Waals surface area contributed by atoms with Gasteiger partial charge in [0.05, 0.1) is 63.5 Å². The zero-order chi connectivity index (χ0) is 38.7. The van der Waals surface area contributed by atoms with Crippen molar-refractivity contribution in [3.05, 3.63) is 84.3 Å². The van der Waals surface area contributed by atoms with Gasteiger partial charge in [-0.2, -0.15) is 0 Å². The molecule has 6 rings (SSSR count). The lowest BCUT2D eigenvalue weighted by Gasteiger charge is -2.51. The number of hydrogen-bond acceptors (Lipinski definition) is 15. The van der Waals surface area contributed by atoms with Gasteiger partial charge in [0, 0.05) is 16.0 Å². The first-order valence-electron chi connectivity index (χ1n) is 15.8. The fourth-order valence-electron chi connectivity index (χ4n) is 6.67. The summed E-state index contributed by atoms with van der Waals surface area (Å²) in [5, 5.41) is 0. The van der Waals surface area contributed by atoms with Gasteiger partial charge in [-0.15, -0.1) is 0 Å². The minimum Gasteiger partial charge on any atom is -0.497 e. The van der Waals surface area contributed by atoms with Crippen LogP contribution in [0.1, 0.15) is 47.1 Å². The Morgan fingerprint density at radius 2 is 1.21 bits per heavy atom. The molecule has 2 aromatic carbocycles. The Morgan fingerprint density at radius 1 is 0.698 bits per heavy atom. The summed E-state index contributed by atoms with van der Waals surface area (Å²) in [6.45, 7) is 4.85. The van der Waals surface area contributed by atoms with Gasteiger partial charge in [-0.1, -0.05) is 47.4 Å². The zero-order valence-corrected chi connectivity index (χ0v) is 32.1.